The molecule has 0 amide bonds. The molecule has 0 aromatic heterocycles. The summed E-state index contributed by atoms with van der Waals surface area (Å²) in [5.41, 5.74) is 0. The van der Waals surface area contributed by atoms with Gasteiger partial charge in [-0.2, -0.15) is 0 Å². The van der Waals surface area contributed by atoms with Crippen molar-refractivity contribution in [3.63, 3.8) is 0 Å². The van der Waals surface area contributed by atoms with Crippen LogP contribution >= 0.6 is 0 Å². The normalized spacial score (nSPS) is 11.1. The van der Waals surface area contributed by atoms with Crippen LogP contribution in [0.25, 0.3) is 0 Å². The first kappa shape index (κ1) is 38.6. The molecule has 0 aliphatic heterocycles. The molecule has 224 valence electrons. The number of carboxylic acid groups (broad SMARTS) is 1. The summed E-state index contributed by atoms with van der Waals surface area (Å²) >= 11 is 0. The lowest BCUT2D eigenvalue weighted by Gasteiger charge is -2.20. The second-order valence-corrected chi connectivity index (χ2v) is 11.4. The predicted molar refractivity (Wildman–Crippen MR) is 167 cm³/mol. The van der Waals surface area contributed by atoms with Gasteiger partial charge in [-0.1, -0.05) is 163 Å². The van der Waals surface area contributed by atoms with E-state index >= 15 is 0 Å². The summed E-state index contributed by atoms with van der Waals surface area (Å²) in [7, 11) is 0. The molecule has 3 nitrogen and oxygen atoms in total. The summed E-state index contributed by atoms with van der Waals surface area (Å²) < 4.78 is 0. The van der Waals surface area contributed by atoms with E-state index in [4.69, 9.17) is 5.11 Å². The van der Waals surface area contributed by atoms with Crippen molar-refractivity contribution in [1.82, 2.24) is 4.90 Å². The van der Waals surface area contributed by atoms with Gasteiger partial charge in [-0.15, -0.1) is 0 Å². The van der Waals surface area contributed by atoms with Gasteiger partial charge in [0, 0.05) is 6.42 Å². The summed E-state index contributed by atoms with van der Waals surface area (Å²) in [5, 5.41) is 8.52. The quantitative estimate of drug-likeness (QED) is 0.0987. The van der Waals surface area contributed by atoms with E-state index in [-0.39, 0.29) is 0 Å². The van der Waals surface area contributed by atoms with E-state index < -0.39 is 5.97 Å². The minimum Gasteiger partial charge on any atom is -0.481 e. The van der Waals surface area contributed by atoms with E-state index in [1.807, 2.05) is 0 Å². The number of unbranched alkanes of at least 4 members (excludes halogenated alkanes) is 21. The standard InChI is InChI=1S/C18H36O2.C16H35N/c1-2-3-4-5-6-7-8-9-10-11-12-13-14-15-16-17-18(19)20;1-4-7-8-9-10-11-12-13-16-17(14-5-2)15-6-3/h2-17H2,1H3,(H,19,20);4-16H2,1-3H3. The lowest BCUT2D eigenvalue weighted by atomic mass is 10.0. The van der Waals surface area contributed by atoms with E-state index in [1.54, 1.807) is 0 Å². The Morgan fingerprint density at radius 3 is 1.00 bits per heavy atom. The van der Waals surface area contributed by atoms with Gasteiger partial charge in [-0.25, -0.2) is 0 Å². The Hall–Kier alpha value is -0.570. The maximum Gasteiger partial charge on any atom is 0.303 e. The van der Waals surface area contributed by atoms with Crippen LogP contribution in [0.2, 0.25) is 0 Å². The Kier molecular flexibility index (Phi) is 36.9. The van der Waals surface area contributed by atoms with Crippen LogP contribution in [0, 0.1) is 0 Å². The number of nitrogens with zero attached hydrogens (tertiary/aromatic N) is 1. The molecular weight excluding hydrogens is 454 g/mol. The van der Waals surface area contributed by atoms with Gasteiger partial charge in [0.05, 0.1) is 0 Å². The molecule has 0 bridgehead atoms. The van der Waals surface area contributed by atoms with E-state index in [1.165, 1.54) is 167 Å². The highest BCUT2D eigenvalue weighted by Gasteiger charge is 2.01. The molecule has 3 heteroatoms. The monoisotopic (exact) mass is 526 g/mol. The highest BCUT2D eigenvalue weighted by molar-refractivity contribution is 5.66. The minimum atomic E-state index is -0.653. The molecule has 0 atom stereocenters. The van der Waals surface area contributed by atoms with Crippen LogP contribution in [0.5, 0.6) is 0 Å². The molecule has 1 N–H and O–H groups in total. The van der Waals surface area contributed by atoms with Crippen molar-refractivity contribution in [2.24, 2.45) is 0 Å². The molecule has 0 radical (unpaired) electrons. The van der Waals surface area contributed by atoms with Crippen LogP contribution in [0.1, 0.15) is 195 Å². The average Bonchev–Trinajstić information content (AvgIpc) is 2.88. The lowest BCUT2D eigenvalue weighted by Crippen LogP contribution is -2.26. The Morgan fingerprint density at radius 2 is 0.703 bits per heavy atom. The summed E-state index contributed by atoms with van der Waals surface area (Å²) in [5.74, 6) is -0.653. The third-order valence-corrected chi connectivity index (χ3v) is 7.40. The molecule has 0 spiro atoms. The van der Waals surface area contributed by atoms with E-state index in [9.17, 15) is 4.79 Å². The van der Waals surface area contributed by atoms with Crippen LogP contribution < -0.4 is 0 Å². The molecule has 37 heavy (non-hydrogen) atoms. The third-order valence-electron chi connectivity index (χ3n) is 7.40. The van der Waals surface area contributed by atoms with Gasteiger partial charge in [0.25, 0.3) is 0 Å². The molecule has 0 rings (SSSR count). The van der Waals surface area contributed by atoms with Crippen molar-refractivity contribution < 1.29 is 9.90 Å². The number of aliphatic carboxylic acids is 1. The molecule has 0 aliphatic carbocycles. The van der Waals surface area contributed by atoms with Gasteiger partial charge >= 0.3 is 5.97 Å². The summed E-state index contributed by atoms with van der Waals surface area (Å²) in [6.45, 7) is 13.1. The molecular formula is C34H71NO2. The van der Waals surface area contributed by atoms with Gasteiger partial charge < -0.3 is 10.0 Å². The fourth-order valence-electron chi connectivity index (χ4n) is 5.08. The van der Waals surface area contributed by atoms with Crippen LogP contribution in [-0.4, -0.2) is 35.6 Å². The average molecular weight is 526 g/mol. The predicted octanol–water partition coefficient (Wildman–Crippen LogP) is 11.6. The maximum absolute atomic E-state index is 10.3. The van der Waals surface area contributed by atoms with Gasteiger partial charge in [-0.05, 0) is 45.3 Å². The van der Waals surface area contributed by atoms with Crippen molar-refractivity contribution >= 4 is 5.97 Å². The SMILES string of the molecule is CCCCCCCCCCCCCCCCCC(=O)O.CCCCCCCCCCN(CCC)CCC. The Balaban J connectivity index is 0. The first-order valence-corrected chi connectivity index (χ1v) is 17.1. The van der Waals surface area contributed by atoms with E-state index in [0.717, 1.165) is 12.8 Å². The second-order valence-electron chi connectivity index (χ2n) is 11.4. The topological polar surface area (TPSA) is 40.5 Å². The van der Waals surface area contributed by atoms with Crippen molar-refractivity contribution in [2.75, 3.05) is 19.6 Å². The zero-order valence-corrected chi connectivity index (χ0v) is 26.3. The Morgan fingerprint density at radius 1 is 0.405 bits per heavy atom. The number of hydrogen-bond donors (Lipinski definition) is 1. The third kappa shape index (κ3) is 37.6. The summed E-state index contributed by atoms with van der Waals surface area (Å²) in [6, 6.07) is 0. The highest BCUT2D eigenvalue weighted by Crippen LogP contribution is 2.14. The molecule has 0 heterocycles. The second kappa shape index (κ2) is 35.4. The molecule has 0 aromatic rings. The largest absolute Gasteiger partial charge is 0.481 e. The smallest absolute Gasteiger partial charge is 0.303 e. The zero-order valence-electron chi connectivity index (χ0n) is 26.3. The Bertz CT molecular complexity index is 407. The molecule has 0 saturated heterocycles. The zero-order chi connectivity index (χ0) is 27.7. The summed E-state index contributed by atoms with van der Waals surface area (Å²) in [4.78, 5) is 13.0. The van der Waals surface area contributed by atoms with Crippen LogP contribution in [0.3, 0.4) is 0 Å². The fraction of sp³-hybridized carbons (Fsp3) is 0.971. The fourth-order valence-corrected chi connectivity index (χ4v) is 5.08. The van der Waals surface area contributed by atoms with E-state index in [0.29, 0.717) is 6.42 Å². The van der Waals surface area contributed by atoms with Crippen LogP contribution in [0.4, 0.5) is 0 Å². The van der Waals surface area contributed by atoms with Crippen LogP contribution in [0.15, 0.2) is 0 Å². The molecule has 0 unspecified atom stereocenters. The minimum absolute atomic E-state index is 0.345. The van der Waals surface area contributed by atoms with Crippen LogP contribution in [-0.2, 0) is 4.79 Å². The lowest BCUT2D eigenvalue weighted by molar-refractivity contribution is -0.137. The highest BCUT2D eigenvalue weighted by atomic mass is 16.4. The van der Waals surface area contributed by atoms with Crippen molar-refractivity contribution in [2.45, 2.75) is 195 Å². The van der Waals surface area contributed by atoms with Gasteiger partial charge in [0.2, 0.25) is 0 Å². The number of rotatable bonds is 29. The molecule has 0 aliphatic rings. The van der Waals surface area contributed by atoms with Gasteiger partial charge in [-0.3, -0.25) is 4.79 Å². The molecule has 0 fully saturated rings. The number of carbonyl (C=O) groups is 1. The summed E-state index contributed by atoms with van der Waals surface area (Å²) in [6.07, 6.45) is 34.3. The maximum atomic E-state index is 10.3. The Labute approximate surface area is 235 Å². The van der Waals surface area contributed by atoms with Crippen molar-refractivity contribution in [1.29, 1.82) is 0 Å². The van der Waals surface area contributed by atoms with Crippen molar-refractivity contribution in [3.8, 4) is 0 Å². The molecule has 0 saturated carbocycles. The van der Waals surface area contributed by atoms with Crippen molar-refractivity contribution in [3.05, 3.63) is 0 Å². The van der Waals surface area contributed by atoms with E-state index in [2.05, 4.69) is 32.6 Å². The molecule has 0 aromatic carbocycles. The number of hydrogen-bond acceptors (Lipinski definition) is 2. The van der Waals surface area contributed by atoms with Gasteiger partial charge in [0.15, 0.2) is 0 Å². The first-order valence-electron chi connectivity index (χ1n) is 17.1. The van der Waals surface area contributed by atoms with Gasteiger partial charge in [0.1, 0.15) is 0 Å². The number of carboxylic acids is 1. The first-order chi connectivity index (χ1) is 18.1.